The number of hydrogen-bond acceptors (Lipinski definition) is 4. The number of carbonyl (C=O) groups excluding carboxylic acids is 1. The van der Waals surface area contributed by atoms with Crippen molar-refractivity contribution in [1.82, 2.24) is 14.5 Å². The first kappa shape index (κ1) is 17.9. The first-order chi connectivity index (χ1) is 12.5. The Morgan fingerprint density at radius 2 is 2.04 bits per heavy atom. The molecule has 6 nitrogen and oxygen atoms in total. The van der Waals surface area contributed by atoms with E-state index in [1.807, 2.05) is 35.9 Å². The molecule has 0 spiro atoms. The highest BCUT2D eigenvalue weighted by atomic mass is 35.5. The summed E-state index contributed by atoms with van der Waals surface area (Å²) >= 11 is 6.22. The molecule has 7 heteroatoms. The van der Waals surface area contributed by atoms with Crippen LogP contribution in [0, 0.1) is 0 Å². The normalized spacial score (nSPS) is 10.8. The number of nitrogens with zero attached hydrogens (tertiary/aromatic N) is 3. The van der Waals surface area contributed by atoms with Gasteiger partial charge in [-0.3, -0.25) is 4.79 Å². The van der Waals surface area contributed by atoms with Gasteiger partial charge in [0.1, 0.15) is 12.1 Å². The molecular formula is C19H20ClN5O. The fraction of sp³-hybridized carbons (Fsp3) is 0.211. The number of nitrogens with one attached hydrogen (secondary N) is 1. The second kappa shape index (κ2) is 7.17. The van der Waals surface area contributed by atoms with Crippen LogP contribution in [0.4, 0.5) is 5.82 Å². The van der Waals surface area contributed by atoms with Crippen molar-refractivity contribution in [1.29, 1.82) is 0 Å². The third-order valence-electron chi connectivity index (χ3n) is 4.39. The minimum absolute atomic E-state index is 0.434. The summed E-state index contributed by atoms with van der Waals surface area (Å²) < 4.78 is 1.92. The number of carbonyl (C=O) groups is 1. The fourth-order valence-corrected chi connectivity index (χ4v) is 3.25. The van der Waals surface area contributed by atoms with Gasteiger partial charge in [0.15, 0.2) is 0 Å². The Balaban J connectivity index is 2.28. The van der Waals surface area contributed by atoms with E-state index in [1.54, 1.807) is 13.1 Å². The smallest absolute Gasteiger partial charge is 0.250 e. The second-order valence-corrected chi connectivity index (χ2v) is 6.35. The number of anilines is 1. The Morgan fingerprint density at radius 1 is 1.27 bits per heavy atom. The maximum Gasteiger partial charge on any atom is 0.250 e. The van der Waals surface area contributed by atoms with Gasteiger partial charge in [0.25, 0.3) is 5.91 Å². The SMILES string of the molecule is CCc1ccc(Cl)cc1-c1c(C(N)=O)cc(-c2cc(NC)ncn2)n1C. The molecule has 3 N–H and O–H groups in total. The van der Waals surface area contributed by atoms with Gasteiger partial charge in [-0.15, -0.1) is 0 Å². The summed E-state index contributed by atoms with van der Waals surface area (Å²) in [4.78, 5) is 20.6. The quantitative estimate of drug-likeness (QED) is 0.720. The predicted molar refractivity (Wildman–Crippen MR) is 104 cm³/mol. The van der Waals surface area contributed by atoms with Crippen LogP contribution in [0.5, 0.6) is 0 Å². The van der Waals surface area contributed by atoms with E-state index in [4.69, 9.17) is 17.3 Å². The van der Waals surface area contributed by atoms with E-state index in [1.165, 1.54) is 6.33 Å². The third kappa shape index (κ3) is 3.15. The zero-order valence-electron chi connectivity index (χ0n) is 14.9. The number of halogens is 1. The van der Waals surface area contributed by atoms with Crippen LogP contribution in [-0.4, -0.2) is 27.5 Å². The van der Waals surface area contributed by atoms with Crippen molar-refractivity contribution in [3.05, 3.63) is 52.8 Å². The molecule has 26 heavy (non-hydrogen) atoms. The fourth-order valence-electron chi connectivity index (χ4n) is 3.07. The van der Waals surface area contributed by atoms with Crippen LogP contribution in [-0.2, 0) is 13.5 Å². The van der Waals surface area contributed by atoms with Crippen LogP contribution in [0.2, 0.25) is 5.02 Å². The largest absolute Gasteiger partial charge is 0.373 e. The zero-order chi connectivity index (χ0) is 18.8. The van der Waals surface area contributed by atoms with Gasteiger partial charge in [0, 0.05) is 30.7 Å². The van der Waals surface area contributed by atoms with Crippen molar-refractivity contribution >= 4 is 23.3 Å². The molecule has 0 fully saturated rings. The van der Waals surface area contributed by atoms with Crippen molar-refractivity contribution < 1.29 is 4.79 Å². The average Bonchev–Trinajstić information content (AvgIpc) is 2.99. The molecule has 1 aromatic carbocycles. The molecule has 2 heterocycles. The van der Waals surface area contributed by atoms with E-state index in [9.17, 15) is 4.79 Å². The molecule has 0 radical (unpaired) electrons. The first-order valence-electron chi connectivity index (χ1n) is 8.24. The van der Waals surface area contributed by atoms with Crippen LogP contribution in [0.1, 0.15) is 22.8 Å². The summed E-state index contributed by atoms with van der Waals surface area (Å²) in [5.41, 5.74) is 10.3. The van der Waals surface area contributed by atoms with Crippen molar-refractivity contribution in [2.75, 3.05) is 12.4 Å². The molecule has 134 valence electrons. The van der Waals surface area contributed by atoms with Crippen molar-refractivity contribution in [3.8, 4) is 22.6 Å². The highest BCUT2D eigenvalue weighted by molar-refractivity contribution is 6.31. The first-order valence-corrected chi connectivity index (χ1v) is 8.62. The van der Waals surface area contributed by atoms with E-state index in [0.29, 0.717) is 22.1 Å². The molecule has 0 saturated carbocycles. The molecule has 0 aliphatic carbocycles. The molecule has 1 amide bonds. The Kier molecular flexibility index (Phi) is 4.95. The van der Waals surface area contributed by atoms with Crippen LogP contribution < -0.4 is 11.1 Å². The van der Waals surface area contributed by atoms with E-state index >= 15 is 0 Å². The third-order valence-corrected chi connectivity index (χ3v) is 4.63. The van der Waals surface area contributed by atoms with Gasteiger partial charge >= 0.3 is 0 Å². The lowest BCUT2D eigenvalue weighted by molar-refractivity contribution is 0.100. The Hall–Kier alpha value is -2.86. The lowest BCUT2D eigenvalue weighted by atomic mass is 9.99. The van der Waals surface area contributed by atoms with E-state index < -0.39 is 5.91 Å². The number of primary amides is 1. The van der Waals surface area contributed by atoms with Gasteiger partial charge in [-0.1, -0.05) is 24.6 Å². The summed E-state index contributed by atoms with van der Waals surface area (Å²) in [7, 11) is 3.68. The van der Waals surface area contributed by atoms with Gasteiger partial charge in [-0.25, -0.2) is 9.97 Å². The van der Waals surface area contributed by atoms with Crippen LogP contribution >= 0.6 is 11.6 Å². The van der Waals surface area contributed by atoms with E-state index in [0.717, 1.165) is 28.9 Å². The Morgan fingerprint density at radius 3 is 2.69 bits per heavy atom. The van der Waals surface area contributed by atoms with Gasteiger partial charge in [0.2, 0.25) is 0 Å². The molecule has 0 unspecified atom stereocenters. The summed E-state index contributed by atoms with van der Waals surface area (Å²) in [6.45, 7) is 2.06. The number of benzene rings is 1. The van der Waals surface area contributed by atoms with E-state index in [-0.39, 0.29) is 0 Å². The number of nitrogens with two attached hydrogens (primary N) is 1. The number of rotatable bonds is 5. The molecule has 0 aliphatic rings. The maximum atomic E-state index is 12.1. The average molecular weight is 370 g/mol. The summed E-state index contributed by atoms with van der Waals surface area (Å²) in [5.74, 6) is 0.196. The minimum atomic E-state index is -0.494. The topological polar surface area (TPSA) is 85.8 Å². The lowest BCUT2D eigenvalue weighted by Crippen LogP contribution is -2.12. The van der Waals surface area contributed by atoms with Gasteiger partial charge < -0.3 is 15.6 Å². The molecule has 0 atom stereocenters. The van der Waals surface area contributed by atoms with Crippen molar-refractivity contribution in [3.63, 3.8) is 0 Å². The van der Waals surface area contributed by atoms with Crippen molar-refractivity contribution in [2.24, 2.45) is 12.8 Å². The Bertz CT molecular complexity index is 980. The standard InChI is InChI=1S/C19H20ClN5O/c1-4-11-5-6-12(20)7-13(11)18-14(19(21)26)8-16(25(18)3)15-9-17(22-2)24-10-23-15/h5-10H,4H2,1-3H3,(H2,21,26)(H,22,23,24). The van der Waals surface area contributed by atoms with Gasteiger partial charge in [-0.05, 0) is 30.2 Å². The molecular weight excluding hydrogens is 350 g/mol. The van der Waals surface area contributed by atoms with Crippen LogP contribution in [0.3, 0.4) is 0 Å². The van der Waals surface area contributed by atoms with Crippen LogP contribution in [0.15, 0.2) is 36.7 Å². The molecule has 0 bridgehead atoms. The maximum absolute atomic E-state index is 12.1. The number of hydrogen-bond donors (Lipinski definition) is 2. The van der Waals surface area contributed by atoms with Crippen LogP contribution in [0.25, 0.3) is 22.6 Å². The summed E-state index contributed by atoms with van der Waals surface area (Å²) in [5, 5.41) is 3.60. The highest BCUT2D eigenvalue weighted by Crippen LogP contribution is 2.35. The van der Waals surface area contributed by atoms with Crippen molar-refractivity contribution in [2.45, 2.75) is 13.3 Å². The zero-order valence-corrected chi connectivity index (χ0v) is 15.6. The second-order valence-electron chi connectivity index (χ2n) is 5.91. The molecule has 2 aromatic heterocycles. The number of aryl methyl sites for hydroxylation is 1. The molecule has 3 aromatic rings. The molecule has 3 rings (SSSR count). The van der Waals surface area contributed by atoms with Gasteiger partial charge in [0.05, 0.1) is 22.6 Å². The minimum Gasteiger partial charge on any atom is -0.373 e. The molecule has 0 aliphatic heterocycles. The summed E-state index contributed by atoms with van der Waals surface area (Å²) in [6, 6.07) is 9.27. The number of aromatic nitrogens is 3. The van der Waals surface area contributed by atoms with E-state index in [2.05, 4.69) is 22.2 Å². The highest BCUT2D eigenvalue weighted by Gasteiger charge is 2.21. The summed E-state index contributed by atoms with van der Waals surface area (Å²) in [6.07, 6.45) is 2.29. The molecule has 0 saturated heterocycles. The lowest BCUT2D eigenvalue weighted by Gasteiger charge is -2.13. The van der Waals surface area contributed by atoms with Gasteiger partial charge in [-0.2, -0.15) is 0 Å². The predicted octanol–water partition coefficient (Wildman–Crippen LogP) is 3.51. The Labute approximate surface area is 157 Å². The monoisotopic (exact) mass is 369 g/mol. The number of amides is 1.